The Kier molecular flexibility index (Phi) is 5.22. The molecule has 0 radical (unpaired) electrons. The van der Waals surface area contributed by atoms with Crippen molar-refractivity contribution in [3.8, 4) is 5.75 Å². The Balaban J connectivity index is 2.03. The van der Waals surface area contributed by atoms with Gasteiger partial charge < -0.3 is 14.6 Å². The quantitative estimate of drug-likeness (QED) is 0.863. The summed E-state index contributed by atoms with van der Waals surface area (Å²) >= 11 is 12.0. The molecule has 1 aromatic heterocycles. The number of nitrogens with zero attached hydrogens (tertiary/aromatic N) is 1. The maximum absolute atomic E-state index is 12.2. The molecule has 0 bridgehead atoms. The summed E-state index contributed by atoms with van der Waals surface area (Å²) < 4.78 is 10.8. The third-order valence-electron chi connectivity index (χ3n) is 3.09. The molecule has 1 aromatic carbocycles. The molecule has 1 heterocycles. The molecule has 0 fully saturated rings. The fraction of sp³-hybridized carbons (Fsp3) is 0.375. The summed E-state index contributed by atoms with van der Waals surface area (Å²) in [4.78, 5) is 12.2. The SMILES string of the molecule is CC(Oc1cccc(Cl)c1Cl)C(=O)Nc1cc(C(C)(C)C)on1. The molecule has 0 aliphatic carbocycles. The second-order valence-corrected chi connectivity index (χ2v) is 6.91. The van der Waals surface area contributed by atoms with Crippen LogP contribution in [0.3, 0.4) is 0 Å². The van der Waals surface area contributed by atoms with Gasteiger partial charge in [-0.25, -0.2) is 0 Å². The summed E-state index contributed by atoms with van der Waals surface area (Å²) in [5.41, 5.74) is -0.188. The van der Waals surface area contributed by atoms with Gasteiger partial charge in [-0.1, -0.05) is 55.2 Å². The van der Waals surface area contributed by atoms with E-state index in [-0.39, 0.29) is 16.3 Å². The number of halogens is 2. The van der Waals surface area contributed by atoms with Gasteiger partial charge in [0.2, 0.25) is 0 Å². The van der Waals surface area contributed by atoms with Crippen molar-refractivity contribution in [3.05, 3.63) is 40.1 Å². The van der Waals surface area contributed by atoms with Gasteiger partial charge in [0.1, 0.15) is 16.5 Å². The highest BCUT2D eigenvalue weighted by atomic mass is 35.5. The van der Waals surface area contributed by atoms with Crippen molar-refractivity contribution in [3.63, 3.8) is 0 Å². The second-order valence-electron chi connectivity index (χ2n) is 6.13. The van der Waals surface area contributed by atoms with Crippen LogP contribution in [0.4, 0.5) is 5.82 Å². The fourth-order valence-electron chi connectivity index (χ4n) is 1.73. The predicted molar refractivity (Wildman–Crippen MR) is 90.4 cm³/mol. The number of nitrogens with one attached hydrogen (secondary N) is 1. The average Bonchev–Trinajstić information content (AvgIpc) is 2.92. The van der Waals surface area contributed by atoms with Gasteiger partial charge >= 0.3 is 0 Å². The smallest absolute Gasteiger partial charge is 0.266 e. The molecule has 0 aliphatic rings. The molecule has 0 saturated heterocycles. The number of aromatic nitrogens is 1. The number of benzene rings is 1. The van der Waals surface area contributed by atoms with E-state index in [4.69, 9.17) is 32.5 Å². The van der Waals surface area contributed by atoms with Gasteiger partial charge in [0.05, 0.1) is 5.02 Å². The van der Waals surface area contributed by atoms with Crippen LogP contribution in [-0.2, 0) is 10.2 Å². The Hall–Kier alpha value is -1.72. The molecular weight excluding hydrogens is 339 g/mol. The average molecular weight is 357 g/mol. The zero-order valence-corrected chi connectivity index (χ0v) is 14.8. The summed E-state index contributed by atoms with van der Waals surface area (Å²) in [7, 11) is 0. The number of carbonyl (C=O) groups excluding carboxylic acids is 1. The van der Waals surface area contributed by atoms with Crippen molar-refractivity contribution in [2.24, 2.45) is 0 Å². The van der Waals surface area contributed by atoms with E-state index < -0.39 is 6.10 Å². The van der Waals surface area contributed by atoms with Crippen LogP contribution in [0.25, 0.3) is 0 Å². The molecule has 1 atom stereocenters. The van der Waals surface area contributed by atoms with E-state index in [2.05, 4.69) is 10.5 Å². The van der Waals surface area contributed by atoms with Crippen LogP contribution in [0.2, 0.25) is 10.0 Å². The molecule has 1 N–H and O–H groups in total. The van der Waals surface area contributed by atoms with Gasteiger partial charge in [-0.15, -0.1) is 0 Å². The molecule has 124 valence electrons. The van der Waals surface area contributed by atoms with Crippen molar-refractivity contribution in [1.82, 2.24) is 5.16 Å². The van der Waals surface area contributed by atoms with Gasteiger partial charge in [-0.3, -0.25) is 4.79 Å². The monoisotopic (exact) mass is 356 g/mol. The maximum atomic E-state index is 12.2. The number of anilines is 1. The van der Waals surface area contributed by atoms with Crippen LogP contribution in [0.5, 0.6) is 5.75 Å². The van der Waals surface area contributed by atoms with Crippen molar-refractivity contribution in [1.29, 1.82) is 0 Å². The van der Waals surface area contributed by atoms with Crippen molar-refractivity contribution in [2.75, 3.05) is 5.32 Å². The number of hydrogen-bond donors (Lipinski definition) is 1. The fourth-order valence-corrected chi connectivity index (χ4v) is 2.07. The molecule has 1 amide bonds. The van der Waals surface area contributed by atoms with E-state index in [1.807, 2.05) is 20.8 Å². The molecule has 5 nitrogen and oxygen atoms in total. The van der Waals surface area contributed by atoms with Gasteiger partial charge in [0, 0.05) is 11.5 Å². The van der Waals surface area contributed by atoms with E-state index >= 15 is 0 Å². The summed E-state index contributed by atoms with van der Waals surface area (Å²) in [6.07, 6.45) is -0.777. The van der Waals surface area contributed by atoms with Crippen molar-refractivity contribution in [2.45, 2.75) is 39.2 Å². The zero-order chi connectivity index (χ0) is 17.2. The first kappa shape index (κ1) is 17.6. The van der Waals surface area contributed by atoms with Gasteiger partial charge in [-0.05, 0) is 19.1 Å². The topological polar surface area (TPSA) is 64.4 Å². The first-order valence-electron chi connectivity index (χ1n) is 7.07. The van der Waals surface area contributed by atoms with Gasteiger partial charge in [0.25, 0.3) is 5.91 Å². The van der Waals surface area contributed by atoms with Crippen LogP contribution < -0.4 is 10.1 Å². The minimum atomic E-state index is -0.777. The lowest BCUT2D eigenvalue weighted by Crippen LogP contribution is -2.30. The lowest BCUT2D eigenvalue weighted by atomic mass is 9.93. The van der Waals surface area contributed by atoms with Crippen molar-refractivity contribution < 1.29 is 14.1 Å². The number of rotatable bonds is 4. The molecule has 2 rings (SSSR count). The Morgan fingerprint density at radius 3 is 2.65 bits per heavy atom. The Labute approximate surface area is 144 Å². The number of amides is 1. The van der Waals surface area contributed by atoms with Crippen LogP contribution in [0.15, 0.2) is 28.8 Å². The standard InChI is InChI=1S/C16H18Cl2N2O3/c1-9(22-11-7-5-6-10(17)14(11)18)15(21)19-13-8-12(23-20-13)16(2,3)4/h5-9H,1-4H3,(H,19,20,21). The number of ether oxygens (including phenoxy) is 1. The molecule has 0 spiro atoms. The van der Waals surface area contributed by atoms with E-state index in [1.54, 1.807) is 31.2 Å². The first-order valence-corrected chi connectivity index (χ1v) is 7.83. The van der Waals surface area contributed by atoms with E-state index in [0.29, 0.717) is 22.4 Å². The summed E-state index contributed by atoms with van der Waals surface area (Å²) in [5, 5.41) is 7.11. The van der Waals surface area contributed by atoms with Crippen molar-refractivity contribution >= 4 is 34.9 Å². The molecule has 0 aliphatic heterocycles. The Morgan fingerprint density at radius 1 is 1.35 bits per heavy atom. The first-order chi connectivity index (χ1) is 10.7. The lowest BCUT2D eigenvalue weighted by Gasteiger charge is -2.15. The molecule has 7 heteroatoms. The molecular formula is C16H18Cl2N2O3. The molecule has 2 aromatic rings. The maximum Gasteiger partial charge on any atom is 0.266 e. The highest BCUT2D eigenvalue weighted by Gasteiger charge is 2.22. The van der Waals surface area contributed by atoms with Crippen LogP contribution >= 0.6 is 23.2 Å². The third kappa shape index (κ3) is 4.39. The van der Waals surface area contributed by atoms with Crippen LogP contribution in [-0.4, -0.2) is 17.2 Å². The molecule has 1 unspecified atom stereocenters. The lowest BCUT2D eigenvalue weighted by molar-refractivity contribution is -0.122. The van der Waals surface area contributed by atoms with Crippen LogP contribution in [0, 0.1) is 0 Å². The third-order valence-corrected chi connectivity index (χ3v) is 3.89. The Bertz CT molecular complexity index is 708. The van der Waals surface area contributed by atoms with Gasteiger partial charge in [-0.2, -0.15) is 0 Å². The number of carbonyl (C=O) groups is 1. The van der Waals surface area contributed by atoms with Crippen LogP contribution in [0.1, 0.15) is 33.5 Å². The summed E-state index contributed by atoms with van der Waals surface area (Å²) in [6, 6.07) is 6.68. The molecule has 0 saturated carbocycles. The minimum absolute atomic E-state index is 0.188. The number of hydrogen-bond acceptors (Lipinski definition) is 4. The van der Waals surface area contributed by atoms with E-state index in [0.717, 1.165) is 0 Å². The van der Waals surface area contributed by atoms with Gasteiger partial charge in [0.15, 0.2) is 11.9 Å². The highest BCUT2D eigenvalue weighted by Crippen LogP contribution is 2.32. The summed E-state index contributed by atoms with van der Waals surface area (Å²) in [5.74, 6) is 0.999. The second kappa shape index (κ2) is 6.81. The predicted octanol–water partition coefficient (Wildman–Crippen LogP) is 4.68. The normalized spacial score (nSPS) is 12.8. The van der Waals surface area contributed by atoms with E-state index in [9.17, 15) is 4.79 Å². The highest BCUT2D eigenvalue weighted by molar-refractivity contribution is 6.42. The van der Waals surface area contributed by atoms with E-state index in [1.165, 1.54) is 0 Å². The molecule has 23 heavy (non-hydrogen) atoms. The minimum Gasteiger partial charge on any atom is -0.479 e. The Morgan fingerprint density at radius 2 is 2.04 bits per heavy atom. The summed E-state index contributed by atoms with van der Waals surface area (Å²) in [6.45, 7) is 7.58. The zero-order valence-electron chi connectivity index (χ0n) is 13.3. The largest absolute Gasteiger partial charge is 0.479 e.